The van der Waals surface area contributed by atoms with Crippen LogP contribution in [-0.2, 0) is 4.74 Å². The van der Waals surface area contributed by atoms with E-state index in [1.54, 1.807) is 11.1 Å². The van der Waals surface area contributed by atoms with Crippen molar-refractivity contribution in [2.75, 3.05) is 25.6 Å². The molecule has 0 unspecified atom stereocenters. The lowest BCUT2D eigenvalue weighted by Gasteiger charge is -2.18. The van der Waals surface area contributed by atoms with E-state index < -0.39 is 24.1 Å². The summed E-state index contributed by atoms with van der Waals surface area (Å²) in [7, 11) is 3.62. The predicted octanol–water partition coefficient (Wildman–Crippen LogP) is 0.576. The van der Waals surface area contributed by atoms with E-state index in [0.29, 0.717) is 12.2 Å². The number of rotatable bonds is 4. The van der Waals surface area contributed by atoms with Gasteiger partial charge in [0.25, 0.3) is 0 Å². The third-order valence-electron chi connectivity index (χ3n) is 3.43. The van der Waals surface area contributed by atoms with Gasteiger partial charge in [-0.1, -0.05) is 5.11 Å². The van der Waals surface area contributed by atoms with Crippen LogP contribution >= 0.6 is 0 Å². The van der Waals surface area contributed by atoms with Gasteiger partial charge < -0.3 is 14.7 Å². The van der Waals surface area contributed by atoms with Crippen LogP contribution in [0.4, 0.5) is 5.82 Å². The first-order valence-electron chi connectivity index (χ1n) is 6.55. The maximum absolute atomic E-state index is 12.1. The molecule has 0 saturated carbocycles. The molecule has 1 aliphatic heterocycles. The topological polar surface area (TPSA) is 116 Å². The van der Waals surface area contributed by atoms with Crippen LogP contribution in [0, 0.1) is 6.92 Å². The van der Waals surface area contributed by atoms with Crippen molar-refractivity contribution in [2.45, 2.75) is 31.7 Å². The van der Waals surface area contributed by atoms with Crippen LogP contribution < -0.4 is 10.6 Å². The zero-order valence-corrected chi connectivity index (χ0v) is 12.2. The third-order valence-corrected chi connectivity index (χ3v) is 3.43. The summed E-state index contributed by atoms with van der Waals surface area (Å²) >= 11 is 0. The van der Waals surface area contributed by atoms with Crippen LogP contribution in [0.15, 0.2) is 16.1 Å². The average molecular weight is 294 g/mol. The van der Waals surface area contributed by atoms with Crippen LogP contribution in [0.1, 0.15) is 18.2 Å². The van der Waals surface area contributed by atoms with Gasteiger partial charge in [0.05, 0.1) is 18.8 Å². The molecule has 1 aliphatic rings. The molecule has 9 nitrogen and oxygen atoms in total. The Kier molecular flexibility index (Phi) is 4.46. The Morgan fingerprint density at radius 2 is 2.38 bits per heavy atom. The Bertz CT molecular complexity index is 622. The van der Waals surface area contributed by atoms with E-state index in [1.807, 2.05) is 21.0 Å². The van der Waals surface area contributed by atoms with E-state index in [-0.39, 0.29) is 6.61 Å². The van der Waals surface area contributed by atoms with E-state index in [9.17, 15) is 9.90 Å². The maximum atomic E-state index is 12.1. The molecule has 0 radical (unpaired) electrons. The number of aliphatic hydroxyl groups excluding tert-OH is 1. The molecule has 1 saturated heterocycles. The van der Waals surface area contributed by atoms with Crippen molar-refractivity contribution in [3.8, 4) is 0 Å². The molecule has 0 bridgehead atoms. The molecule has 21 heavy (non-hydrogen) atoms. The van der Waals surface area contributed by atoms with Gasteiger partial charge >= 0.3 is 5.69 Å². The first kappa shape index (κ1) is 15.3. The minimum Gasteiger partial charge on any atom is -0.394 e. The number of nitrogens with zero attached hydrogens (tertiary/aromatic N) is 6. The number of anilines is 1. The van der Waals surface area contributed by atoms with Gasteiger partial charge in [-0.3, -0.25) is 4.57 Å². The van der Waals surface area contributed by atoms with Gasteiger partial charge in [0.2, 0.25) is 0 Å². The van der Waals surface area contributed by atoms with Gasteiger partial charge in [0.15, 0.2) is 0 Å². The Morgan fingerprint density at radius 1 is 1.67 bits per heavy atom. The van der Waals surface area contributed by atoms with Crippen molar-refractivity contribution in [3.05, 3.63) is 32.7 Å². The van der Waals surface area contributed by atoms with Gasteiger partial charge in [0, 0.05) is 37.2 Å². The van der Waals surface area contributed by atoms with Gasteiger partial charge in [-0.2, -0.15) is 4.98 Å². The predicted molar refractivity (Wildman–Crippen MR) is 76.1 cm³/mol. The van der Waals surface area contributed by atoms with E-state index in [4.69, 9.17) is 10.3 Å². The first-order valence-corrected chi connectivity index (χ1v) is 6.55. The van der Waals surface area contributed by atoms with E-state index in [0.717, 1.165) is 5.56 Å². The number of azide groups is 1. The normalized spacial score (nSPS) is 24.7. The van der Waals surface area contributed by atoms with Gasteiger partial charge in [-0.15, -0.1) is 0 Å². The second-order valence-electron chi connectivity index (χ2n) is 5.15. The molecule has 1 aromatic heterocycles. The molecule has 2 rings (SSSR count). The van der Waals surface area contributed by atoms with Gasteiger partial charge in [-0.05, 0) is 12.5 Å². The smallest absolute Gasteiger partial charge is 0.351 e. The monoisotopic (exact) mass is 294 g/mol. The van der Waals surface area contributed by atoms with Crippen molar-refractivity contribution in [1.29, 1.82) is 0 Å². The Labute approximate surface area is 121 Å². The van der Waals surface area contributed by atoms with Crippen LogP contribution in [0.2, 0.25) is 0 Å². The minimum atomic E-state index is -0.605. The zero-order valence-electron chi connectivity index (χ0n) is 12.2. The summed E-state index contributed by atoms with van der Waals surface area (Å²) in [4.78, 5) is 20.7. The van der Waals surface area contributed by atoms with Crippen LogP contribution in [0.25, 0.3) is 10.4 Å². The van der Waals surface area contributed by atoms with Crippen LogP contribution in [0.5, 0.6) is 0 Å². The molecule has 2 heterocycles. The number of hydrogen-bond donors (Lipinski definition) is 1. The maximum Gasteiger partial charge on any atom is 0.351 e. The van der Waals surface area contributed by atoms with E-state index in [1.165, 1.54) is 4.57 Å². The summed E-state index contributed by atoms with van der Waals surface area (Å²) in [6.45, 7) is 1.58. The first-order chi connectivity index (χ1) is 9.97. The van der Waals surface area contributed by atoms with Crippen LogP contribution in [-0.4, -0.2) is 47.5 Å². The number of aromatic nitrogens is 2. The lowest BCUT2D eigenvalue weighted by atomic mass is 10.1. The molecular weight excluding hydrogens is 276 g/mol. The molecule has 1 fully saturated rings. The number of aliphatic hydroxyl groups is 1. The number of hydrogen-bond acceptors (Lipinski definition) is 6. The lowest BCUT2D eigenvalue weighted by molar-refractivity contribution is -0.0270. The van der Waals surface area contributed by atoms with Crippen molar-refractivity contribution < 1.29 is 9.84 Å². The second-order valence-corrected chi connectivity index (χ2v) is 5.15. The summed E-state index contributed by atoms with van der Waals surface area (Å²) in [6, 6.07) is -0.495. The summed E-state index contributed by atoms with van der Waals surface area (Å²) < 4.78 is 6.97. The molecular formula is C12H18N6O3. The fraction of sp³-hybridized carbons (Fsp3) is 0.667. The molecule has 1 N–H and O–H groups in total. The highest BCUT2D eigenvalue weighted by molar-refractivity contribution is 5.42. The summed E-state index contributed by atoms with van der Waals surface area (Å²) in [5.74, 6) is 0.597. The molecule has 9 heteroatoms. The highest BCUT2D eigenvalue weighted by Crippen LogP contribution is 2.30. The van der Waals surface area contributed by atoms with Crippen molar-refractivity contribution >= 4 is 5.82 Å². The summed E-state index contributed by atoms with van der Waals surface area (Å²) in [5, 5.41) is 12.9. The fourth-order valence-electron chi connectivity index (χ4n) is 2.46. The van der Waals surface area contributed by atoms with Gasteiger partial charge in [0.1, 0.15) is 12.0 Å². The third kappa shape index (κ3) is 2.99. The van der Waals surface area contributed by atoms with Crippen molar-refractivity contribution in [2.24, 2.45) is 5.11 Å². The number of ether oxygens (including phenoxy) is 1. The lowest BCUT2D eigenvalue weighted by Crippen LogP contribution is -2.30. The largest absolute Gasteiger partial charge is 0.394 e. The Hall–Kier alpha value is -2.09. The molecule has 0 aromatic carbocycles. The molecule has 1 aromatic rings. The van der Waals surface area contributed by atoms with Crippen molar-refractivity contribution in [3.63, 3.8) is 0 Å². The fourth-order valence-corrected chi connectivity index (χ4v) is 2.46. The standard InChI is InChI=1S/C12H18N6O3/c1-7-5-18(12(20)14-11(7)17(2)3)10-4-8(15-16-13)9(6-19)21-10/h5,8-10,19H,4,6H2,1-3H3/t8-,9+,10+/m0/s1. The summed E-state index contributed by atoms with van der Waals surface area (Å²) in [6.07, 6.45) is 0.805. The minimum absolute atomic E-state index is 0.267. The molecule has 0 amide bonds. The molecule has 0 spiro atoms. The van der Waals surface area contributed by atoms with E-state index in [2.05, 4.69) is 15.0 Å². The highest BCUT2D eigenvalue weighted by atomic mass is 16.5. The average Bonchev–Trinajstić information content (AvgIpc) is 2.84. The SMILES string of the molecule is Cc1cn([C@H]2C[C@H](N=[N+]=[N-])[C@@H](CO)O2)c(=O)nc1N(C)C. The van der Waals surface area contributed by atoms with Crippen LogP contribution in [0.3, 0.4) is 0 Å². The zero-order chi connectivity index (χ0) is 15.6. The quantitative estimate of drug-likeness (QED) is 0.495. The van der Waals surface area contributed by atoms with E-state index >= 15 is 0 Å². The summed E-state index contributed by atoms with van der Waals surface area (Å²) in [5.41, 5.74) is 8.92. The van der Waals surface area contributed by atoms with Crippen molar-refractivity contribution in [1.82, 2.24) is 9.55 Å². The molecule has 0 aliphatic carbocycles. The van der Waals surface area contributed by atoms with Gasteiger partial charge in [-0.25, -0.2) is 4.79 Å². The Morgan fingerprint density at radius 3 is 2.95 bits per heavy atom. The molecule has 3 atom stereocenters. The number of aryl methyl sites for hydroxylation is 1. The Balaban J connectivity index is 2.33. The highest BCUT2D eigenvalue weighted by Gasteiger charge is 2.35. The second kappa shape index (κ2) is 6.13. The molecule has 114 valence electrons.